The van der Waals surface area contributed by atoms with E-state index in [-0.39, 0.29) is 24.3 Å². The minimum Gasteiger partial charge on any atom is -0.494 e. The molecule has 1 aromatic heterocycles. The molecule has 0 amide bonds. The van der Waals surface area contributed by atoms with Crippen molar-refractivity contribution >= 4 is 40.8 Å². The lowest BCUT2D eigenvalue weighted by Crippen LogP contribution is -2.07. The number of ether oxygens (including phenoxy) is 2. The highest BCUT2D eigenvalue weighted by Crippen LogP contribution is 2.28. The number of hydrogen-bond acceptors (Lipinski definition) is 5. The van der Waals surface area contributed by atoms with Gasteiger partial charge in [-0.25, -0.2) is 4.39 Å². The van der Waals surface area contributed by atoms with Crippen molar-refractivity contribution < 1.29 is 38.5 Å². The Labute approximate surface area is 249 Å². The number of fused-ring (bicyclic) bond motifs is 1. The number of aliphatic carboxylic acids is 2. The molecule has 0 atom stereocenters. The monoisotopic (exact) mass is 587 g/mol. The van der Waals surface area contributed by atoms with Crippen molar-refractivity contribution in [3.05, 3.63) is 94.9 Å². The van der Waals surface area contributed by atoms with Gasteiger partial charge in [0.2, 0.25) is 0 Å². The van der Waals surface area contributed by atoms with Gasteiger partial charge < -0.3 is 24.3 Å². The Bertz CT molecular complexity index is 1620. The molecule has 3 aromatic carbocycles. The number of nitrogens with zero attached hydrogens (tertiary/aromatic N) is 1. The summed E-state index contributed by atoms with van der Waals surface area (Å²) in [5.74, 6) is -1.44. The van der Waals surface area contributed by atoms with Gasteiger partial charge in [0.05, 0.1) is 24.3 Å². The van der Waals surface area contributed by atoms with Gasteiger partial charge in [0.1, 0.15) is 23.9 Å². The number of aromatic nitrogens is 1. The number of carbonyl (C=O) groups excluding carboxylic acids is 1. The summed E-state index contributed by atoms with van der Waals surface area (Å²) in [6, 6.07) is 17.3. The van der Waals surface area contributed by atoms with Crippen LogP contribution >= 0.6 is 0 Å². The lowest BCUT2D eigenvalue weighted by atomic mass is 10.0. The molecule has 0 bridgehead atoms. The van der Waals surface area contributed by atoms with Crippen LogP contribution in [-0.2, 0) is 22.6 Å². The number of hydrogen-bond donors (Lipinski definition) is 2. The molecule has 9 heteroatoms. The zero-order valence-corrected chi connectivity index (χ0v) is 23.9. The molecule has 4 rings (SSSR count). The number of rotatable bonds is 16. The standard InChI is InChI=1S/C34H34FNO7/c1-23(37)30-20-27(35)14-17-31(30)43-19-3-2-18-42-28-15-11-24(12-16-28)10-13-25-6-4-8-29-26(7-5-9-32(38)39)21-36(34(25)29)22-33(40)41/h4,6,8,10-17,20-21H,2-3,5,7,9,18-19,22H2,1H3,(H,38,39)(H,40,41). The minimum atomic E-state index is -0.953. The van der Waals surface area contributed by atoms with Gasteiger partial charge in [-0.2, -0.15) is 0 Å². The van der Waals surface area contributed by atoms with E-state index in [0.29, 0.717) is 38.2 Å². The summed E-state index contributed by atoms with van der Waals surface area (Å²) in [4.78, 5) is 34.2. The molecule has 1 heterocycles. The number of ketones is 1. The van der Waals surface area contributed by atoms with Crippen molar-refractivity contribution in [2.75, 3.05) is 13.2 Å². The molecule has 0 fully saturated rings. The van der Waals surface area contributed by atoms with Crippen LogP contribution < -0.4 is 9.47 Å². The lowest BCUT2D eigenvalue weighted by molar-refractivity contribution is -0.138. The van der Waals surface area contributed by atoms with Crippen LogP contribution in [0.3, 0.4) is 0 Å². The number of halogens is 1. The minimum absolute atomic E-state index is 0.0554. The fraction of sp³-hybridized carbons (Fsp3) is 0.265. The van der Waals surface area contributed by atoms with Crippen LogP contribution in [0.15, 0.2) is 66.9 Å². The number of benzene rings is 3. The molecule has 0 saturated heterocycles. The summed E-state index contributed by atoms with van der Waals surface area (Å²) in [6.07, 6.45) is 8.21. The molecule has 2 N–H and O–H groups in total. The van der Waals surface area contributed by atoms with Crippen LogP contribution in [0.25, 0.3) is 23.1 Å². The molecule has 0 aliphatic heterocycles. The van der Waals surface area contributed by atoms with E-state index in [1.54, 1.807) is 4.57 Å². The molecular weight excluding hydrogens is 553 g/mol. The van der Waals surface area contributed by atoms with Gasteiger partial charge >= 0.3 is 11.9 Å². The summed E-state index contributed by atoms with van der Waals surface area (Å²) in [5, 5.41) is 19.3. The van der Waals surface area contributed by atoms with Gasteiger partial charge in [-0.1, -0.05) is 42.5 Å². The Morgan fingerprint density at radius 3 is 2.33 bits per heavy atom. The van der Waals surface area contributed by atoms with Crippen LogP contribution in [0.2, 0.25) is 0 Å². The number of Topliss-reactive ketones (excluding diaryl/α,β-unsaturated/α-hetero) is 1. The maximum Gasteiger partial charge on any atom is 0.323 e. The number of para-hydroxylation sites is 1. The van der Waals surface area contributed by atoms with Gasteiger partial charge in [-0.15, -0.1) is 0 Å². The molecule has 43 heavy (non-hydrogen) atoms. The Balaban J connectivity index is 1.33. The Morgan fingerprint density at radius 1 is 0.884 bits per heavy atom. The van der Waals surface area contributed by atoms with Gasteiger partial charge in [0.15, 0.2) is 5.78 Å². The van der Waals surface area contributed by atoms with E-state index in [0.717, 1.165) is 39.8 Å². The highest BCUT2D eigenvalue weighted by Gasteiger charge is 2.14. The number of aryl methyl sites for hydroxylation is 1. The largest absolute Gasteiger partial charge is 0.494 e. The molecule has 0 aliphatic rings. The fourth-order valence-electron chi connectivity index (χ4n) is 4.84. The van der Waals surface area contributed by atoms with E-state index in [9.17, 15) is 23.9 Å². The van der Waals surface area contributed by atoms with Gasteiger partial charge in [0.25, 0.3) is 0 Å². The molecule has 0 spiro atoms. The lowest BCUT2D eigenvalue weighted by Gasteiger charge is -2.10. The Morgan fingerprint density at radius 2 is 1.63 bits per heavy atom. The second-order valence-corrected chi connectivity index (χ2v) is 10.2. The van der Waals surface area contributed by atoms with Crippen LogP contribution in [0.5, 0.6) is 11.5 Å². The van der Waals surface area contributed by atoms with Gasteiger partial charge in [-0.3, -0.25) is 14.4 Å². The molecule has 4 aromatic rings. The fourth-order valence-corrected chi connectivity index (χ4v) is 4.84. The summed E-state index contributed by atoms with van der Waals surface area (Å²) < 4.78 is 26.6. The molecule has 224 valence electrons. The van der Waals surface area contributed by atoms with Crippen molar-refractivity contribution in [3.63, 3.8) is 0 Å². The van der Waals surface area contributed by atoms with Gasteiger partial charge in [0, 0.05) is 18.0 Å². The van der Waals surface area contributed by atoms with Crippen molar-refractivity contribution in [3.8, 4) is 11.5 Å². The van der Waals surface area contributed by atoms with Crippen molar-refractivity contribution in [2.24, 2.45) is 0 Å². The van der Waals surface area contributed by atoms with E-state index >= 15 is 0 Å². The third-order valence-electron chi connectivity index (χ3n) is 6.88. The SMILES string of the molecule is CC(=O)c1cc(F)ccc1OCCCCOc1ccc(C=Cc2cccc3c(CCCC(=O)O)cn(CC(=O)O)c23)cc1. The second-order valence-electron chi connectivity index (χ2n) is 10.2. The van der Waals surface area contributed by atoms with Crippen LogP contribution in [-0.4, -0.2) is 45.7 Å². The van der Waals surface area contributed by atoms with Crippen molar-refractivity contribution in [2.45, 2.75) is 45.6 Å². The van der Waals surface area contributed by atoms with E-state index in [4.69, 9.17) is 14.6 Å². The zero-order chi connectivity index (χ0) is 30.8. The van der Waals surface area contributed by atoms with E-state index in [1.807, 2.05) is 60.8 Å². The summed E-state index contributed by atoms with van der Waals surface area (Å²) in [5.41, 5.74) is 3.76. The average Bonchev–Trinajstić information content (AvgIpc) is 3.31. The van der Waals surface area contributed by atoms with E-state index in [2.05, 4.69) is 0 Å². The second kappa shape index (κ2) is 14.8. The molecule has 0 aliphatic carbocycles. The maximum atomic E-state index is 13.4. The highest BCUT2D eigenvalue weighted by atomic mass is 19.1. The smallest absolute Gasteiger partial charge is 0.323 e. The molecular formula is C34H34FNO7. The number of unbranched alkanes of at least 4 members (excludes halogenated alkanes) is 1. The average molecular weight is 588 g/mol. The summed E-state index contributed by atoms with van der Waals surface area (Å²) in [7, 11) is 0. The molecule has 8 nitrogen and oxygen atoms in total. The molecule has 0 saturated carbocycles. The highest BCUT2D eigenvalue weighted by molar-refractivity contribution is 5.97. The number of carbonyl (C=O) groups is 3. The third-order valence-corrected chi connectivity index (χ3v) is 6.88. The Kier molecular flexibility index (Phi) is 10.7. The normalized spacial score (nSPS) is 11.2. The third kappa shape index (κ3) is 8.78. The van der Waals surface area contributed by atoms with E-state index < -0.39 is 17.8 Å². The Hall–Kier alpha value is -4.92. The molecule has 0 unspecified atom stereocenters. The first-order valence-corrected chi connectivity index (χ1v) is 14.1. The topological polar surface area (TPSA) is 115 Å². The summed E-state index contributed by atoms with van der Waals surface area (Å²) >= 11 is 0. The zero-order valence-electron chi connectivity index (χ0n) is 23.9. The first kappa shape index (κ1) is 31.0. The van der Waals surface area contributed by atoms with Crippen LogP contribution in [0.4, 0.5) is 4.39 Å². The predicted octanol–water partition coefficient (Wildman–Crippen LogP) is 6.88. The number of carboxylic acid groups (broad SMARTS) is 2. The first-order chi connectivity index (χ1) is 20.7. The van der Waals surface area contributed by atoms with Crippen LogP contribution in [0, 0.1) is 5.82 Å². The van der Waals surface area contributed by atoms with Gasteiger partial charge in [-0.05, 0) is 79.6 Å². The van der Waals surface area contributed by atoms with Crippen molar-refractivity contribution in [1.29, 1.82) is 0 Å². The number of carboxylic acids is 2. The molecule has 0 radical (unpaired) electrons. The first-order valence-electron chi connectivity index (χ1n) is 14.1. The van der Waals surface area contributed by atoms with E-state index in [1.165, 1.54) is 25.1 Å². The maximum absolute atomic E-state index is 13.4. The summed E-state index contributed by atoms with van der Waals surface area (Å²) in [6.45, 7) is 2.05. The quantitative estimate of drug-likeness (QED) is 0.0834. The van der Waals surface area contributed by atoms with Crippen LogP contribution in [0.1, 0.15) is 59.7 Å². The predicted molar refractivity (Wildman–Crippen MR) is 162 cm³/mol. The van der Waals surface area contributed by atoms with Crippen molar-refractivity contribution in [1.82, 2.24) is 4.57 Å².